The molecule has 0 aliphatic carbocycles. The lowest BCUT2D eigenvalue weighted by atomic mass is 10.0. The SMILES string of the molecule is CC(C)(C)OC(=O)N1CC(=O)C(C(=S)Nc2ccccc2)=C(NCc2ccncc2Br)C1. The molecule has 1 amide bonds. The summed E-state index contributed by atoms with van der Waals surface area (Å²) in [6.07, 6.45) is 2.85. The molecular weight excluding hydrogens is 492 g/mol. The maximum Gasteiger partial charge on any atom is 0.411 e. The molecule has 2 aromatic rings. The zero-order valence-electron chi connectivity index (χ0n) is 18.1. The zero-order chi connectivity index (χ0) is 23.3. The van der Waals surface area contributed by atoms with Crippen molar-refractivity contribution in [2.75, 3.05) is 18.4 Å². The monoisotopic (exact) mass is 516 g/mol. The molecule has 0 fully saturated rings. The van der Waals surface area contributed by atoms with Gasteiger partial charge >= 0.3 is 6.09 Å². The maximum atomic E-state index is 13.1. The predicted octanol–water partition coefficient (Wildman–Crippen LogP) is 4.45. The highest BCUT2D eigenvalue weighted by atomic mass is 79.9. The molecule has 9 heteroatoms. The number of nitrogens with one attached hydrogen (secondary N) is 2. The molecular formula is C23H25BrN4O3S. The first-order valence-corrected chi connectivity index (χ1v) is 11.3. The lowest BCUT2D eigenvalue weighted by Gasteiger charge is -2.32. The summed E-state index contributed by atoms with van der Waals surface area (Å²) in [5.41, 5.74) is 2.00. The minimum absolute atomic E-state index is 0.106. The minimum Gasteiger partial charge on any atom is -0.444 e. The standard InChI is InChI=1S/C23H25BrN4O3S/c1-23(2,3)31-22(30)28-13-18(26-11-15-9-10-25-12-17(15)24)20(19(29)14-28)21(32)27-16-7-5-4-6-8-16/h4-10,12,26H,11,13-14H2,1-3H3,(H,27,32). The first-order chi connectivity index (χ1) is 15.1. The van der Waals surface area contributed by atoms with E-state index in [0.717, 1.165) is 15.7 Å². The number of ketones is 1. The molecule has 0 saturated heterocycles. The fourth-order valence-electron chi connectivity index (χ4n) is 3.07. The fourth-order valence-corrected chi connectivity index (χ4v) is 3.82. The van der Waals surface area contributed by atoms with Crippen LogP contribution >= 0.6 is 28.1 Å². The number of thiocarbonyl (C=S) groups is 1. The van der Waals surface area contributed by atoms with Crippen LogP contribution in [0.4, 0.5) is 10.5 Å². The Morgan fingerprint density at radius 1 is 1.22 bits per heavy atom. The second kappa shape index (κ2) is 10.2. The molecule has 0 radical (unpaired) electrons. The van der Waals surface area contributed by atoms with Crippen LogP contribution in [0.1, 0.15) is 26.3 Å². The lowest BCUT2D eigenvalue weighted by molar-refractivity contribution is -0.116. The van der Waals surface area contributed by atoms with Crippen LogP contribution in [0.2, 0.25) is 0 Å². The van der Waals surface area contributed by atoms with Crippen molar-refractivity contribution >= 4 is 50.7 Å². The highest BCUT2D eigenvalue weighted by Crippen LogP contribution is 2.21. The van der Waals surface area contributed by atoms with Crippen LogP contribution in [0.25, 0.3) is 0 Å². The Kier molecular flexibility index (Phi) is 7.63. The number of halogens is 1. The number of Topliss-reactive ketones (excluding diaryl/α,β-unsaturated/α-hetero) is 1. The summed E-state index contributed by atoms with van der Waals surface area (Å²) in [5, 5.41) is 6.42. The number of hydrogen-bond acceptors (Lipinski definition) is 6. The van der Waals surface area contributed by atoms with E-state index in [0.29, 0.717) is 22.8 Å². The Morgan fingerprint density at radius 2 is 1.94 bits per heavy atom. The van der Waals surface area contributed by atoms with E-state index in [2.05, 4.69) is 31.5 Å². The largest absolute Gasteiger partial charge is 0.444 e. The number of hydrogen-bond donors (Lipinski definition) is 2. The second-order valence-electron chi connectivity index (χ2n) is 8.25. The third-order valence-corrected chi connectivity index (χ3v) is 5.54. The van der Waals surface area contributed by atoms with Crippen molar-refractivity contribution < 1.29 is 14.3 Å². The van der Waals surface area contributed by atoms with Gasteiger partial charge < -0.3 is 15.4 Å². The van der Waals surface area contributed by atoms with E-state index in [1.165, 1.54) is 4.90 Å². The number of aromatic nitrogens is 1. The van der Waals surface area contributed by atoms with Crippen molar-refractivity contribution in [1.82, 2.24) is 15.2 Å². The summed E-state index contributed by atoms with van der Waals surface area (Å²) in [5.74, 6) is -0.258. The summed E-state index contributed by atoms with van der Waals surface area (Å²) in [6, 6.07) is 11.3. The van der Waals surface area contributed by atoms with E-state index >= 15 is 0 Å². The van der Waals surface area contributed by atoms with E-state index in [9.17, 15) is 9.59 Å². The number of amides is 1. The van der Waals surface area contributed by atoms with Gasteiger partial charge in [-0.25, -0.2) is 4.79 Å². The normalized spacial score (nSPS) is 14.2. The van der Waals surface area contributed by atoms with E-state index in [-0.39, 0.29) is 18.9 Å². The molecule has 0 saturated carbocycles. The molecule has 1 aromatic heterocycles. The van der Waals surface area contributed by atoms with Crippen LogP contribution in [0.3, 0.4) is 0 Å². The van der Waals surface area contributed by atoms with Crippen LogP contribution in [0.5, 0.6) is 0 Å². The number of anilines is 1. The number of nitrogens with zero attached hydrogens (tertiary/aromatic N) is 2. The second-order valence-corrected chi connectivity index (χ2v) is 9.52. The maximum absolute atomic E-state index is 13.1. The molecule has 32 heavy (non-hydrogen) atoms. The number of pyridine rings is 1. The average molecular weight is 517 g/mol. The van der Waals surface area contributed by atoms with Crippen LogP contribution in [0.15, 0.2) is 64.5 Å². The van der Waals surface area contributed by atoms with Gasteiger partial charge in [-0.2, -0.15) is 0 Å². The topological polar surface area (TPSA) is 83.6 Å². The fraction of sp³-hybridized carbons (Fsp3) is 0.304. The summed E-state index contributed by atoms with van der Waals surface area (Å²) < 4.78 is 6.31. The first kappa shape index (κ1) is 23.9. The van der Waals surface area contributed by atoms with Gasteiger partial charge in [-0.15, -0.1) is 0 Å². The van der Waals surface area contributed by atoms with Crippen LogP contribution in [0, 0.1) is 0 Å². The van der Waals surface area contributed by atoms with Crippen molar-refractivity contribution in [2.45, 2.75) is 32.9 Å². The number of para-hydroxylation sites is 1. The van der Waals surface area contributed by atoms with Crippen molar-refractivity contribution in [1.29, 1.82) is 0 Å². The molecule has 3 rings (SSSR count). The Balaban J connectivity index is 1.88. The highest BCUT2D eigenvalue weighted by Gasteiger charge is 2.33. The molecule has 0 bridgehead atoms. The van der Waals surface area contributed by atoms with Crippen molar-refractivity contribution in [3.8, 4) is 0 Å². The summed E-state index contributed by atoms with van der Waals surface area (Å²) in [4.78, 5) is 31.5. The van der Waals surface area contributed by atoms with Gasteiger partial charge in [0.25, 0.3) is 0 Å². The van der Waals surface area contributed by atoms with Crippen molar-refractivity contribution in [2.24, 2.45) is 0 Å². The van der Waals surface area contributed by atoms with Gasteiger partial charge in [-0.1, -0.05) is 30.4 Å². The summed E-state index contributed by atoms with van der Waals surface area (Å²) in [6.45, 7) is 5.86. The highest BCUT2D eigenvalue weighted by molar-refractivity contribution is 9.10. The van der Waals surface area contributed by atoms with E-state index < -0.39 is 11.7 Å². The molecule has 0 spiro atoms. The third kappa shape index (κ3) is 6.37. The Morgan fingerprint density at radius 3 is 2.59 bits per heavy atom. The van der Waals surface area contributed by atoms with Crippen molar-refractivity contribution in [3.63, 3.8) is 0 Å². The van der Waals surface area contributed by atoms with Gasteiger partial charge in [0.15, 0.2) is 5.78 Å². The molecule has 1 aromatic carbocycles. The van der Waals surface area contributed by atoms with Gasteiger partial charge in [0, 0.05) is 34.8 Å². The van der Waals surface area contributed by atoms with Gasteiger partial charge in [0.1, 0.15) is 10.6 Å². The Hall–Kier alpha value is -2.78. The smallest absolute Gasteiger partial charge is 0.411 e. The zero-order valence-corrected chi connectivity index (χ0v) is 20.5. The molecule has 1 aliphatic heterocycles. The average Bonchev–Trinajstić information content (AvgIpc) is 2.72. The molecule has 0 atom stereocenters. The van der Waals surface area contributed by atoms with Gasteiger partial charge in [0.2, 0.25) is 0 Å². The van der Waals surface area contributed by atoms with Crippen LogP contribution in [-0.4, -0.2) is 45.4 Å². The number of carbonyl (C=O) groups is 2. The van der Waals surface area contributed by atoms with Crippen molar-refractivity contribution in [3.05, 3.63) is 70.1 Å². The number of carbonyl (C=O) groups excluding carboxylic acids is 2. The number of rotatable bonds is 5. The predicted molar refractivity (Wildman–Crippen MR) is 131 cm³/mol. The van der Waals surface area contributed by atoms with Crippen LogP contribution in [-0.2, 0) is 16.1 Å². The van der Waals surface area contributed by atoms with Gasteiger partial charge in [-0.05, 0) is 60.5 Å². The first-order valence-electron chi connectivity index (χ1n) is 10.1. The van der Waals surface area contributed by atoms with Crippen LogP contribution < -0.4 is 10.6 Å². The molecule has 2 N–H and O–H groups in total. The number of ether oxygens (including phenoxy) is 1. The van der Waals surface area contributed by atoms with E-state index in [1.807, 2.05) is 36.4 Å². The quantitative estimate of drug-likeness (QED) is 0.568. The molecule has 1 aliphatic rings. The number of benzene rings is 1. The Labute approximate surface area is 201 Å². The van der Waals surface area contributed by atoms with Gasteiger partial charge in [-0.3, -0.25) is 14.7 Å². The van der Waals surface area contributed by atoms with E-state index in [1.54, 1.807) is 33.2 Å². The summed E-state index contributed by atoms with van der Waals surface area (Å²) >= 11 is 9.06. The van der Waals surface area contributed by atoms with E-state index in [4.69, 9.17) is 17.0 Å². The lowest BCUT2D eigenvalue weighted by Crippen LogP contribution is -2.48. The third-order valence-electron chi connectivity index (χ3n) is 4.52. The minimum atomic E-state index is -0.663. The van der Waals surface area contributed by atoms with Gasteiger partial charge in [0.05, 0.1) is 18.7 Å². The molecule has 7 nitrogen and oxygen atoms in total. The Bertz CT molecular complexity index is 1050. The molecule has 168 valence electrons. The summed E-state index contributed by atoms with van der Waals surface area (Å²) in [7, 11) is 0. The molecule has 2 heterocycles. The molecule has 0 unspecified atom stereocenters.